The molecule has 2 bridgehead atoms. The zero-order valence-corrected chi connectivity index (χ0v) is 17.1. The predicted molar refractivity (Wildman–Crippen MR) is 115 cm³/mol. The summed E-state index contributed by atoms with van der Waals surface area (Å²) in [4.78, 5) is 14.4. The molecule has 0 saturated carbocycles. The fraction of sp³-hybridized carbons (Fsp3) is 0.286. The number of hydrogen-bond donors (Lipinski definition) is 3. The van der Waals surface area contributed by atoms with E-state index in [1.807, 2.05) is 51.5 Å². The maximum atomic E-state index is 12.3. The Morgan fingerprint density at radius 1 is 1.20 bits per heavy atom. The highest BCUT2D eigenvalue weighted by molar-refractivity contribution is 5.93. The molecule has 0 aliphatic carbocycles. The van der Waals surface area contributed by atoms with Gasteiger partial charge in [-0.3, -0.25) is 19.9 Å². The molecule has 0 spiro atoms. The van der Waals surface area contributed by atoms with E-state index >= 15 is 0 Å². The Bertz CT molecular complexity index is 1310. The van der Waals surface area contributed by atoms with Gasteiger partial charge in [-0.1, -0.05) is 6.07 Å². The van der Waals surface area contributed by atoms with E-state index in [0.717, 1.165) is 39.3 Å². The van der Waals surface area contributed by atoms with Gasteiger partial charge in [-0.2, -0.15) is 10.2 Å². The molecule has 0 amide bonds. The topological polar surface area (TPSA) is 108 Å². The van der Waals surface area contributed by atoms with Gasteiger partial charge in [-0.15, -0.1) is 0 Å². The van der Waals surface area contributed by atoms with Crippen molar-refractivity contribution in [1.29, 1.82) is 0 Å². The van der Waals surface area contributed by atoms with Crippen LogP contribution in [0.25, 0.3) is 34.2 Å². The second kappa shape index (κ2) is 7.03. The maximum Gasteiger partial charge on any atom is 0.271 e. The van der Waals surface area contributed by atoms with Gasteiger partial charge in [0.25, 0.3) is 5.56 Å². The van der Waals surface area contributed by atoms with Crippen LogP contribution in [-0.2, 0) is 13.6 Å². The standard InChI is InChI=1S/C21H23N7O2/c1-12-10-27(2)11-19-14(20(29)26-25-19)5-7-18-15-8-13(4-6-17(15)23-24-18)16-9-22-28(3)21(16)30-12/h4-9,12H,10-11H2,1-3H3,(H,23,24)(H2,25,26,29)/b7-5+. The normalized spacial score (nSPS) is 18.4. The van der Waals surface area contributed by atoms with Crippen molar-refractivity contribution in [1.82, 2.24) is 35.1 Å². The third kappa shape index (κ3) is 3.13. The summed E-state index contributed by atoms with van der Waals surface area (Å²) in [6.07, 6.45) is 5.47. The molecule has 30 heavy (non-hydrogen) atoms. The molecule has 3 aromatic heterocycles. The molecule has 9 nitrogen and oxygen atoms in total. The van der Waals surface area contributed by atoms with Gasteiger partial charge in [0.1, 0.15) is 6.10 Å². The number of nitrogens with one attached hydrogen (secondary N) is 3. The molecule has 4 heterocycles. The van der Waals surface area contributed by atoms with Crippen molar-refractivity contribution in [3.8, 4) is 17.0 Å². The minimum absolute atomic E-state index is 0.0767. The third-order valence-electron chi connectivity index (χ3n) is 5.40. The zero-order valence-electron chi connectivity index (χ0n) is 17.1. The van der Waals surface area contributed by atoms with Gasteiger partial charge in [-0.05, 0) is 43.8 Å². The van der Waals surface area contributed by atoms with Crippen LogP contribution in [0.3, 0.4) is 0 Å². The number of rotatable bonds is 0. The number of aryl methyl sites for hydroxylation is 1. The molecule has 154 valence electrons. The summed E-state index contributed by atoms with van der Waals surface area (Å²) in [7, 11) is 3.88. The number of aromatic amines is 3. The van der Waals surface area contributed by atoms with Gasteiger partial charge in [0.05, 0.1) is 34.2 Å². The molecule has 4 aromatic rings. The van der Waals surface area contributed by atoms with Crippen molar-refractivity contribution in [2.75, 3.05) is 13.6 Å². The minimum atomic E-state index is -0.147. The van der Waals surface area contributed by atoms with Gasteiger partial charge in [-0.25, -0.2) is 4.68 Å². The number of likely N-dealkylation sites (N-methyl/N-ethyl adjacent to an activating group) is 1. The number of ether oxygens (including phenoxy) is 1. The fourth-order valence-electron chi connectivity index (χ4n) is 3.96. The van der Waals surface area contributed by atoms with E-state index in [2.05, 4.69) is 36.5 Å². The van der Waals surface area contributed by atoms with Crippen LogP contribution in [0, 0.1) is 0 Å². The lowest BCUT2D eigenvalue weighted by Gasteiger charge is -2.22. The average molecular weight is 405 g/mol. The molecule has 0 fully saturated rings. The molecule has 5 rings (SSSR count). The van der Waals surface area contributed by atoms with Gasteiger partial charge in [0, 0.05) is 25.5 Å². The number of fused-ring (bicyclic) bond motifs is 4. The van der Waals surface area contributed by atoms with E-state index in [9.17, 15) is 4.79 Å². The van der Waals surface area contributed by atoms with E-state index in [4.69, 9.17) is 4.74 Å². The van der Waals surface area contributed by atoms with E-state index in [1.165, 1.54) is 0 Å². The van der Waals surface area contributed by atoms with Crippen LogP contribution in [0.1, 0.15) is 23.9 Å². The summed E-state index contributed by atoms with van der Waals surface area (Å²) < 4.78 is 8.05. The third-order valence-corrected chi connectivity index (χ3v) is 5.40. The zero-order chi connectivity index (χ0) is 20.8. The summed E-state index contributed by atoms with van der Waals surface area (Å²) in [6, 6.07) is 6.06. The Morgan fingerprint density at radius 3 is 2.93 bits per heavy atom. The first-order valence-electron chi connectivity index (χ1n) is 9.83. The first-order chi connectivity index (χ1) is 14.5. The van der Waals surface area contributed by atoms with E-state index in [-0.39, 0.29) is 11.7 Å². The van der Waals surface area contributed by atoms with Crippen LogP contribution in [-0.4, -0.2) is 54.8 Å². The Balaban J connectivity index is 1.70. The monoisotopic (exact) mass is 405 g/mol. The van der Waals surface area contributed by atoms with E-state index in [1.54, 1.807) is 4.68 Å². The second-order valence-electron chi connectivity index (χ2n) is 7.79. The molecule has 1 aromatic carbocycles. The quantitative estimate of drug-likeness (QED) is 0.416. The highest BCUT2D eigenvalue weighted by Crippen LogP contribution is 2.33. The highest BCUT2D eigenvalue weighted by atomic mass is 16.5. The molecular weight excluding hydrogens is 382 g/mol. The predicted octanol–water partition coefficient (Wildman–Crippen LogP) is 2.36. The van der Waals surface area contributed by atoms with Crippen LogP contribution in [0.5, 0.6) is 5.88 Å². The molecule has 1 atom stereocenters. The van der Waals surface area contributed by atoms with Crippen LogP contribution < -0.4 is 10.3 Å². The molecule has 0 radical (unpaired) electrons. The van der Waals surface area contributed by atoms with Gasteiger partial charge < -0.3 is 9.84 Å². The van der Waals surface area contributed by atoms with E-state index in [0.29, 0.717) is 18.7 Å². The summed E-state index contributed by atoms with van der Waals surface area (Å²) in [6.45, 7) is 3.29. The first kappa shape index (κ1) is 18.4. The van der Waals surface area contributed by atoms with E-state index < -0.39 is 0 Å². The maximum absolute atomic E-state index is 12.3. The average Bonchev–Trinajstić information content (AvgIpc) is 3.38. The Labute approximate surface area is 172 Å². The highest BCUT2D eigenvalue weighted by Gasteiger charge is 2.19. The molecular formula is C21H23N7O2. The SMILES string of the molecule is CC1CN(C)Cc2[nH][nH]c(=O)c2/C=C/c2[nH]nc3ccc(cc23)-c2cnn(C)c2O1. The van der Waals surface area contributed by atoms with Gasteiger partial charge in [0.15, 0.2) is 0 Å². The molecule has 3 N–H and O–H groups in total. The van der Waals surface area contributed by atoms with Crippen molar-refractivity contribution >= 4 is 23.1 Å². The molecule has 9 heteroatoms. The smallest absolute Gasteiger partial charge is 0.271 e. The lowest BCUT2D eigenvalue weighted by atomic mass is 10.1. The Hall–Kier alpha value is -3.59. The van der Waals surface area contributed by atoms with Crippen molar-refractivity contribution < 1.29 is 4.74 Å². The van der Waals surface area contributed by atoms with Gasteiger partial charge in [0.2, 0.25) is 5.88 Å². The minimum Gasteiger partial charge on any atom is -0.473 e. The van der Waals surface area contributed by atoms with Crippen molar-refractivity contribution in [2.45, 2.75) is 19.6 Å². The lowest BCUT2D eigenvalue weighted by Crippen LogP contribution is -2.31. The van der Waals surface area contributed by atoms with Gasteiger partial charge >= 0.3 is 0 Å². The second-order valence-corrected chi connectivity index (χ2v) is 7.79. The van der Waals surface area contributed by atoms with Crippen LogP contribution in [0.4, 0.5) is 0 Å². The summed E-state index contributed by atoms with van der Waals surface area (Å²) in [5.41, 5.74) is 4.90. The van der Waals surface area contributed by atoms with Crippen molar-refractivity contribution in [2.24, 2.45) is 7.05 Å². The molecule has 1 aliphatic rings. The first-order valence-corrected chi connectivity index (χ1v) is 9.83. The summed E-state index contributed by atoms with van der Waals surface area (Å²) >= 11 is 0. The van der Waals surface area contributed by atoms with Crippen molar-refractivity contribution in [3.63, 3.8) is 0 Å². The molecule has 0 saturated heterocycles. The number of H-pyrrole nitrogens is 3. The number of hydrogen-bond acceptors (Lipinski definition) is 5. The lowest BCUT2D eigenvalue weighted by molar-refractivity contribution is 0.148. The Kier molecular flexibility index (Phi) is 4.32. The van der Waals surface area contributed by atoms with Crippen LogP contribution >= 0.6 is 0 Å². The molecule has 1 unspecified atom stereocenters. The number of benzene rings is 1. The molecule has 1 aliphatic heterocycles. The van der Waals surface area contributed by atoms with Crippen molar-refractivity contribution in [3.05, 3.63) is 51.7 Å². The largest absolute Gasteiger partial charge is 0.473 e. The summed E-state index contributed by atoms with van der Waals surface area (Å²) in [5.74, 6) is 0.724. The Morgan fingerprint density at radius 2 is 2.07 bits per heavy atom. The van der Waals surface area contributed by atoms with Crippen LogP contribution in [0.15, 0.2) is 29.2 Å². The number of nitrogens with zero attached hydrogens (tertiary/aromatic N) is 4. The number of aromatic nitrogens is 6. The fourth-order valence-corrected chi connectivity index (χ4v) is 3.96. The summed E-state index contributed by atoms with van der Waals surface area (Å²) in [5, 5.41) is 18.5. The van der Waals surface area contributed by atoms with Crippen LogP contribution in [0.2, 0.25) is 0 Å².